The van der Waals surface area contributed by atoms with Gasteiger partial charge < -0.3 is 9.80 Å². The largest absolute Gasteiger partial charge is 0.334 e. The lowest BCUT2D eigenvalue weighted by Gasteiger charge is -2.27. The lowest BCUT2D eigenvalue weighted by Crippen LogP contribution is -2.41. The summed E-state index contributed by atoms with van der Waals surface area (Å²) in [6, 6.07) is 1.98. The molecule has 5 heteroatoms. The van der Waals surface area contributed by atoms with Crippen LogP contribution in [0, 0.1) is 0 Å². The molecule has 2 rings (SSSR count). The van der Waals surface area contributed by atoms with Crippen molar-refractivity contribution >= 4 is 17.5 Å². The Hall–Kier alpha value is -1.13. The highest BCUT2D eigenvalue weighted by Crippen LogP contribution is 2.23. The number of nitrogens with zero attached hydrogens (tertiary/aromatic N) is 3. The van der Waals surface area contributed by atoms with Crippen LogP contribution in [-0.4, -0.2) is 53.9 Å². The van der Waals surface area contributed by atoms with E-state index in [1.807, 2.05) is 19.0 Å². The SMILES string of the molecule is CN(C)CC1CCCN1C(=O)c1ccncc1Cl. The number of pyridine rings is 1. The van der Waals surface area contributed by atoms with Crippen molar-refractivity contribution < 1.29 is 4.79 Å². The predicted octanol–water partition coefficient (Wildman–Crippen LogP) is 1.90. The lowest BCUT2D eigenvalue weighted by molar-refractivity contribution is 0.0716. The number of carbonyl (C=O) groups is 1. The number of likely N-dealkylation sites (N-methyl/N-ethyl adjacent to an activating group) is 1. The van der Waals surface area contributed by atoms with E-state index < -0.39 is 0 Å². The first-order chi connectivity index (χ1) is 8.59. The number of likely N-dealkylation sites (tertiary alicyclic amines) is 1. The highest BCUT2D eigenvalue weighted by atomic mass is 35.5. The predicted molar refractivity (Wildman–Crippen MR) is 71.9 cm³/mol. The van der Waals surface area contributed by atoms with E-state index in [2.05, 4.69) is 9.88 Å². The van der Waals surface area contributed by atoms with Gasteiger partial charge in [-0.1, -0.05) is 11.6 Å². The molecule has 0 spiro atoms. The van der Waals surface area contributed by atoms with Gasteiger partial charge in [0.25, 0.3) is 5.91 Å². The van der Waals surface area contributed by atoms with E-state index in [-0.39, 0.29) is 11.9 Å². The van der Waals surface area contributed by atoms with E-state index >= 15 is 0 Å². The number of carbonyl (C=O) groups excluding carboxylic acids is 1. The molecule has 0 N–H and O–H groups in total. The van der Waals surface area contributed by atoms with Crippen LogP contribution in [0.1, 0.15) is 23.2 Å². The summed E-state index contributed by atoms with van der Waals surface area (Å²) in [5.74, 6) is 0.0201. The van der Waals surface area contributed by atoms with Crippen molar-refractivity contribution in [3.63, 3.8) is 0 Å². The van der Waals surface area contributed by atoms with E-state index in [9.17, 15) is 4.79 Å². The average Bonchev–Trinajstić information content (AvgIpc) is 2.76. The van der Waals surface area contributed by atoms with Crippen LogP contribution < -0.4 is 0 Å². The maximum absolute atomic E-state index is 12.5. The number of hydrogen-bond donors (Lipinski definition) is 0. The molecule has 0 aromatic carbocycles. The van der Waals surface area contributed by atoms with Gasteiger partial charge in [-0.3, -0.25) is 9.78 Å². The maximum atomic E-state index is 12.5. The Labute approximate surface area is 113 Å². The molecule has 0 aliphatic carbocycles. The fourth-order valence-corrected chi connectivity index (χ4v) is 2.62. The smallest absolute Gasteiger partial charge is 0.255 e. The fraction of sp³-hybridized carbons (Fsp3) is 0.538. The van der Waals surface area contributed by atoms with Gasteiger partial charge in [0.1, 0.15) is 0 Å². The van der Waals surface area contributed by atoms with Crippen LogP contribution in [0.4, 0.5) is 0 Å². The topological polar surface area (TPSA) is 36.4 Å². The molecule has 2 heterocycles. The van der Waals surface area contributed by atoms with Crippen LogP contribution in [0.5, 0.6) is 0 Å². The zero-order valence-electron chi connectivity index (χ0n) is 10.8. The summed E-state index contributed by atoms with van der Waals surface area (Å²) in [6.45, 7) is 1.71. The van der Waals surface area contributed by atoms with Crippen LogP contribution in [0.25, 0.3) is 0 Å². The van der Waals surface area contributed by atoms with Gasteiger partial charge in [0.2, 0.25) is 0 Å². The molecule has 0 bridgehead atoms. The molecule has 1 unspecified atom stereocenters. The highest BCUT2D eigenvalue weighted by molar-refractivity contribution is 6.33. The normalized spacial score (nSPS) is 19.6. The number of hydrogen-bond acceptors (Lipinski definition) is 3. The Morgan fingerprint density at radius 3 is 3.06 bits per heavy atom. The standard InChI is InChI=1S/C13H18ClN3O/c1-16(2)9-10-4-3-7-17(10)13(18)11-5-6-15-8-12(11)14/h5-6,8,10H,3-4,7,9H2,1-2H3. The second kappa shape index (κ2) is 5.67. The Morgan fingerprint density at radius 1 is 1.61 bits per heavy atom. The van der Waals surface area contributed by atoms with Crippen LogP contribution in [0.2, 0.25) is 5.02 Å². The Balaban J connectivity index is 2.15. The summed E-state index contributed by atoms with van der Waals surface area (Å²) >= 11 is 6.03. The second-order valence-electron chi connectivity index (χ2n) is 4.91. The first-order valence-electron chi connectivity index (χ1n) is 6.15. The molecule has 1 saturated heterocycles. The third-order valence-corrected chi connectivity index (χ3v) is 3.52. The van der Waals surface area contributed by atoms with Crippen molar-refractivity contribution in [2.45, 2.75) is 18.9 Å². The first kappa shape index (κ1) is 13.3. The number of aromatic nitrogens is 1. The maximum Gasteiger partial charge on any atom is 0.255 e. The van der Waals surface area contributed by atoms with Crippen molar-refractivity contribution in [1.29, 1.82) is 0 Å². The van der Waals surface area contributed by atoms with E-state index in [1.54, 1.807) is 12.3 Å². The molecule has 1 aromatic heterocycles. The van der Waals surface area contributed by atoms with Crippen LogP contribution >= 0.6 is 11.6 Å². The summed E-state index contributed by atoms with van der Waals surface area (Å²) in [5, 5.41) is 0.429. The molecule has 4 nitrogen and oxygen atoms in total. The van der Waals surface area contributed by atoms with Crippen molar-refractivity contribution in [2.75, 3.05) is 27.2 Å². The Bertz CT molecular complexity index is 436. The molecule has 1 aliphatic heterocycles. The minimum Gasteiger partial charge on any atom is -0.334 e. The van der Waals surface area contributed by atoms with Gasteiger partial charge in [-0.25, -0.2) is 0 Å². The molecule has 1 fully saturated rings. The fourth-order valence-electron chi connectivity index (χ4n) is 2.42. The van der Waals surface area contributed by atoms with E-state index in [0.717, 1.165) is 25.9 Å². The molecule has 1 aromatic rings. The third-order valence-electron chi connectivity index (χ3n) is 3.22. The zero-order valence-corrected chi connectivity index (χ0v) is 11.5. The molecule has 0 saturated carbocycles. The van der Waals surface area contributed by atoms with Crippen molar-refractivity contribution in [3.8, 4) is 0 Å². The van der Waals surface area contributed by atoms with Crippen LogP contribution in [0.15, 0.2) is 18.5 Å². The number of amides is 1. The van der Waals surface area contributed by atoms with Gasteiger partial charge in [0.05, 0.1) is 10.6 Å². The van der Waals surface area contributed by atoms with Gasteiger partial charge in [-0.05, 0) is 33.0 Å². The minimum absolute atomic E-state index is 0.0201. The lowest BCUT2D eigenvalue weighted by atomic mass is 10.2. The first-order valence-corrected chi connectivity index (χ1v) is 6.52. The van der Waals surface area contributed by atoms with Gasteiger partial charge in [-0.15, -0.1) is 0 Å². The number of halogens is 1. The quantitative estimate of drug-likeness (QED) is 0.839. The van der Waals surface area contributed by atoms with Crippen LogP contribution in [-0.2, 0) is 0 Å². The van der Waals surface area contributed by atoms with Gasteiger partial charge >= 0.3 is 0 Å². The molecule has 98 valence electrons. The number of rotatable bonds is 3. The molecule has 0 radical (unpaired) electrons. The summed E-state index contributed by atoms with van der Waals surface area (Å²) < 4.78 is 0. The summed E-state index contributed by atoms with van der Waals surface area (Å²) in [7, 11) is 4.06. The summed E-state index contributed by atoms with van der Waals surface area (Å²) in [6.07, 6.45) is 5.25. The van der Waals surface area contributed by atoms with E-state index in [1.165, 1.54) is 6.20 Å². The van der Waals surface area contributed by atoms with Crippen molar-refractivity contribution in [2.24, 2.45) is 0 Å². The monoisotopic (exact) mass is 267 g/mol. The van der Waals surface area contributed by atoms with E-state index in [4.69, 9.17) is 11.6 Å². The van der Waals surface area contributed by atoms with Crippen molar-refractivity contribution in [3.05, 3.63) is 29.0 Å². The molecular formula is C13H18ClN3O. The zero-order chi connectivity index (χ0) is 13.1. The second-order valence-corrected chi connectivity index (χ2v) is 5.32. The molecule has 1 aliphatic rings. The van der Waals surface area contributed by atoms with E-state index in [0.29, 0.717) is 10.6 Å². The minimum atomic E-state index is 0.0201. The summed E-state index contributed by atoms with van der Waals surface area (Å²) in [4.78, 5) is 20.4. The molecule has 18 heavy (non-hydrogen) atoms. The van der Waals surface area contributed by atoms with Crippen LogP contribution in [0.3, 0.4) is 0 Å². The Kier molecular flexibility index (Phi) is 4.19. The summed E-state index contributed by atoms with van der Waals surface area (Å²) in [5.41, 5.74) is 0.553. The van der Waals surface area contributed by atoms with Gasteiger partial charge in [0.15, 0.2) is 0 Å². The third kappa shape index (κ3) is 2.82. The molecule has 1 amide bonds. The average molecular weight is 268 g/mol. The van der Waals surface area contributed by atoms with Gasteiger partial charge in [0, 0.05) is 31.5 Å². The molecular weight excluding hydrogens is 250 g/mol. The van der Waals surface area contributed by atoms with Gasteiger partial charge in [-0.2, -0.15) is 0 Å². The highest BCUT2D eigenvalue weighted by Gasteiger charge is 2.30. The van der Waals surface area contributed by atoms with Crippen molar-refractivity contribution in [1.82, 2.24) is 14.8 Å². The Morgan fingerprint density at radius 2 is 2.39 bits per heavy atom. The molecule has 1 atom stereocenters.